The van der Waals surface area contributed by atoms with E-state index in [4.69, 9.17) is 4.42 Å². The Labute approximate surface area is 147 Å². The molecular weight excluding hydrogens is 318 g/mol. The van der Waals surface area contributed by atoms with Crippen LogP contribution >= 0.6 is 0 Å². The third-order valence-electron chi connectivity index (χ3n) is 4.41. The van der Waals surface area contributed by atoms with Gasteiger partial charge < -0.3 is 19.5 Å². The summed E-state index contributed by atoms with van der Waals surface area (Å²) >= 11 is 0. The van der Waals surface area contributed by atoms with Crippen molar-refractivity contribution in [1.82, 2.24) is 9.80 Å². The number of amides is 3. The fourth-order valence-corrected chi connectivity index (χ4v) is 2.98. The monoisotopic (exact) mass is 341 g/mol. The molecule has 0 radical (unpaired) electrons. The minimum absolute atomic E-state index is 0.127. The number of urea groups is 1. The first-order chi connectivity index (χ1) is 12.1. The van der Waals surface area contributed by atoms with Gasteiger partial charge in [0.15, 0.2) is 5.76 Å². The van der Waals surface area contributed by atoms with Gasteiger partial charge in [-0.05, 0) is 29.7 Å². The SMILES string of the molecule is CC(C)c1ccccc1NC(=O)N1CCN(C(=O)c2ccco2)CC1. The minimum Gasteiger partial charge on any atom is -0.459 e. The van der Waals surface area contributed by atoms with Crippen molar-refractivity contribution in [1.29, 1.82) is 0 Å². The molecule has 0 aliphatic carbocycles. The van der Waals surface area contributed by atoms with Gasteiger partial charge in [0.05, 0.1) is 6.26 Å². The highest BCUT2D eigenvalue weighted by Gasteiger charge is 2.26. The van der Waals surface area contributed by atoms with Gasteiger partial charge in [-0.15, -0.1) is 0 Å². The average Bonchev–Trinajstić information content (AvgIpc) is 3.16. The van der Waals surface area contributed by atoms with E-state index in [2.05, 4.69) is 19.2 Å². The molecule has 6 nitrogen and oxygen atoms in total. The van der Waals surface area contributed by atoms with Crippen molar-refractivity contribution < 1.29 is 14.0 Å². The highest BCUT2D eigenvalue weighted by atomic mass is 16.3. The van der Waals surface area contributed by atoms with Crippen LogP contribution in [0.2, 0.25) is 0 Å². The van der Waals surface area contributed by atoms with Gasteiger partial charge >= 0.3 is 6.03 Å². The lowest BCUT2D eigenvalue weighted by atomic mass is 10.0. The number of furan rings is 1. The van der Waals surface area contributed by atoms with Crippen LogP contribution in [0.5, 0.6) is 0 Å². The smallest absolute Gasteiger partial charge is 0.321 e. The molecule has 3 amide bonds. The number of benzene rings is 1. The molecule has 132 valence electrons. The maximum absolute atomic E-state index is 12.5. The van der Waals surface area contributed by atoms with Gasteiger partial charge in [0.2, 0.25) is 0 Å². The molecule has 1 aliphatic rings. The first-order valence-electron chi connectivity index (χ1n) is 8.54. The molecule has 1 saturated heterocycles. The fourth-order valence-electron chi connectivity index (χ4n) is 2.98. The zero-order valence-corrected chi connectivity index (χ0v) is 14.6. The molecular formula is C19H23N3O3. The van der Waals surface area contributed by atoms with Crippen LogP contribution in [0.1, 0.15) is 35.9 Å². The number of para-hydroxylation sites is 1. The van der Waals surface area contributed by atoms with Gasteiger partial charge in [-0.2, -0.15) is 0 Å². The predicted octanol–water partition coefficient (Wildman–Crippen LogP) is 3.39. The summed E-state index contributed by atoms with van der Waals surface area (Å²) in [5, 5.41) is 3.00. The van der Waals surface area contributed by atoms with Crippen molar-refractivity contribution in [2.45, 2.75) is 19.8 Å². The van der Waals surface area contributed by atoms with E-state index >= 15 is 0 Å². The van der Waals surface area contributed by atoms with E-state index in [1.807, 2.05) is 24.3 Å². The van der Waals surface area contributed by atoms with Gasteiger partial charge in [-0.1, -0.05) is 32.0 Å². The number of hydrogen-bond acceptors (Lipinski definition) is 3. The normalized spacial score (nSPS) is 14.7. The molecule has 0 spiro atoms. The second-order valence-corrected chi connectivity index (χ2v) is 6.43. The van der Waals surface area contributed by atoms with E-state index < -0.39 is 0 Å². The summed E-state index contributed by atoms with van der Waals surface area (Å²) in [5.41, 5.74) is 1.96. The van der Waals surface area contributed by atoms with Crippen LogP contribution in [0.4, 0.5) is 10.5 Å². The lowest BCUT2D eigenvalue weighted by Gasteiger charge is -2.34. The Hall–Kier alpha value is -2.76. The molecule has 0 unspecified atom stereocenters. The van der Waals surface area contributed by atoms with Crippen molar-refractivity contribution in [3.63, 3.8) is 0 Å². The molecule has 1 aromatic carbocycles. The Balaban J connectivity index is 1.58. The maximum atomic E-state index is 12.5. The zero-order chi connectivity index (χ0) is 17.8. The highest BCUT2D eigenvalue weighted by Crippen LogP contribution is 2.24. The summed E-state index contributed by atoms with van der Waals surface area (Å²) < 4.78 is 5.15. The van der Waals surface area contributed by atoms with Gasteiger partial charge in [0.25, 0.3) is 5.91 Å². The quantitative estimate of drug-likeness (QED) is 0.930. The van der Waals surface area contributed by atoms with Gasteiger partial charge in [-0.3, -0.25) is 4.79 Å². The van der Waals surface area contributed by atoms with Crippen LogP contribution in [0.25, 0.3) is 0 Å². The van der Waals surface area contributed by atoms with Crippen LogP contribution in [0.15, 0.2) is 47.1 Å². The topological polar surface area (TPSA) is 65.8 Å². The van der Waals surface area contributed by atoms with Gasteiger partial charge in [0, 0.05) is 31.9 Å². The summed E-state index contributed by atoms with van der Waals surface area (Å²) in [4.78, 5) is 28.3. The fraction of sp³-hybridized carbons (Fsp3) is 0.368. The van der Waals surface area contributed by atoms with Crippen LogP contribution in [-0.4, -0.2) is 47.9 Å². The average molecular weight is 341 g/mol. The summed E-state index contributed by atoms with van der Waals surface area (Å²) in [5.74, 6) is 0.540. The molecule has 25 heavy (non-hydrogen) atoms. The lowest BCUT2D eigenvalue weighted by molar-refractivity contribution is 0.0640. The zero-order valence-electron chi connectivity index (χ0n) is 14.6. The number of carbonyl (C=O) groups is 2. The van der Waals surface area contributed by atoms with Crippen molar-refractivity contribution in [2.75, 3.05) is 31.5 Å². The molecule has 1 aliphatic heterocycles. The second kappa shape index (κ2) is 7.42. The second-order valence-electron chi connectivity index (χ2n) is 6.43. The number of nitrogens with one attached hydrogen (secondary N) is 1. The van der Waals surface area contributed by atoms with Crippen LogP contribution in [-0.2, 0) is 0 Å². The first-order valence-corrected chi connectivity index (χ1v) is 8.54. The number of nitrogens with zero attached hydrogens (tertiary/aromatic N) is 2. The molecule has 0 bridgehead atoms. The standard InChI is InChI=1S/C19H23N3O3/c1-14(2)15-6-3-4-7-16(15)20-19(24)22-11-9-21(10-12-22)18(23)17-8-5-13-25-17/h3-8,13-14H,9-12H2,1-2H3,(H,20,24). The molecule has 6 heteroatoms. The Kier molecular flexibility index (Phi) is 5.07. The highest BCUT2D eigenvalue weighted by molar-refractivity contribution is 5.92. The molecule has 2 aromatic rings. The van der Waals surface area contributed by atoms with E-state index in [-0.39, 0.29) is 11.9 Å². The predicted molar refractivity (Wildman–Crippen MR) is 95.7 cm³/mol. The first kappa shape index (κ1) is 17.1. The molecule has 1 N–H and O–H groups in total. The van der Waals surface area contributed by atoms with E-state index in [0.29, 0.717) is 37.9 Å². The number of anilines is 1. The van der Waals surface area contributed by atoms with E-state index in [0.717, 1.165) is 11.3 Å². The van der Waals surface area contributed by atoms with E-state index in [1.165, 1.54) is 6.26 Å². The van der Waals surface area contributed by atoms with Crippen LogP contribution < -0.4 is 5.32 Å². The van der Waals surface area contributed by atoms with Gasteiger partial charge in [0.1, 0.15) is 0 Å². The van der Waals surface area contributed by atoms with Crippen LogP contribution in [0, 0.1) is 0 Å². The third-order valence-corrected chi connectivity index (χ3v) is 4.41. The summed E-state index contributed by atoms with van der Waals surface area (Å²) in [6, 6.07) is 11.1. The minimum atomic E-state index is -0.129. The molecule has 0 atom stereocenters. The van der Waals surface area contributed by atoms with Gasteiger partial charge in [-0.25, -0.2) is 4.79 Å². The number of carbonyl (C=O) groups excluding carboxylic acids is 2. The summed E-state index contributed by atoms with van der Waals surface area (Å²) in [6.45, 7) is 6.20. The third kappa shape index (κ3) is 3.84. The Morgan fingerprint density at radius 2 is 1.68 bits per heavy atom. The Morgan fingerprint density at radius 1 is 1.00 bits per heavy atom. The molecule has 1 fully saturated rings. The molecule has 1 aromatic heterocycles. The van der Waals surface area contributed by atoms with E-state index in [9.17, 15) is 9.59 Å². The van der Waals surface area contributed by atoms with Crippen LogP contribution in [0.3, 0.4) is 0 Å². The summed E-state index contributed by atoms with van der Waals surface area (Å²) in [6.07, 6.45) is 1.49. The van der Waals surface area contributed by atoms with E-state index in [1.54, 1.807) is 21.9 Å². The largest absolute Gasteiger partial charge is 0.459 e. The number of hydrogen-bond donors (Lipinski definition) is 1. The van der Waals surface area contributed by atoms with Crippen molar-refractivity contribution in [3.8, 4) is 0 Å². The molecule has 2 heterocycles. The number of rotatable bonds is 3. The summed E-state index contributed by atoms with van der Waals surface area (Å²) in [7, 11) is 0. The molecule has 0 saturated carbocycles. The lowest BCUT2D eigenvalue weighted by Crippen LogP contribution is -2.51. The van der Waals surface area contributed by atoms with Crippen molar-refractivity contribution in [3.05, 3.63) is 54.0 Å². The number of piperazine rings is 1. The van der Waals surface area contributed by atoms with Crippen molar-refractivity contribution in [2.24, 2.45) is 0 Å². The molecule has 3 rings (SSSR count). The maximum Gasteiger partial charge on any atom is 0.321 e. The Bertz CT molecular complexity index is 732. The Morgan fingerprint density at radius 3 is 2.32 bits per heavy atom. The van der Waals surface area contributed by atoms with Crippen molar-refractivity contribution >= 4 is 17.6 Å².